The number of hydrogen-bond acceptors (Lipinski definition) is 2. The maximum Gasteiger partial charge on any atom is 0.0732 e. The average Bonchev–Trinajstić information content (AvgIpc) is 2.31. The Bertz CT molecular complexity index is 151. The van der Waals surface area contributed by atoms with Crippen molar-refractivity contribution in [2.75, 3.05) is 19.8 Å². The first kappa shape index (κ1) is 16.9. The Morgan fingerprint density at radius 1 is 0.882 bits per heavy atom. The van der Waals surface area contributed by atoms with Crippen LogP contribution in [0.3, 0.4) is 0 Å². The van der Waals surface area contributed by atoms with Gasteiger partial charge in [0.15, 0.2) is 0 Å². The lowest BCUT2D eigenvalue weighted by molar-refractivity contribution is -0.115. The molecule has 1 unspecified atom stereocenters. The third-order valence-corrected chi connectivity index (χ3v) is 3.54. The molecule has 0 aromatic carbocycles. The summed E-state index contributed by atoms with van der Waals surface area (Å²) in [6.07, 6.45) is 5.81. The molecule has 104 valence electrons. The summed E-state index contributed by atoms with van der Waals surface area (Å²) in [5.74, 6) is 0.530. The van der Waals surface area contributed by atoms with Crippen molar-refractivity contribution in [3.05, 3.63) is 0 Å². The van der Waals surface area contributed by atoms with Crippen LogP contribution in [0.4, 0.5) is 0 Å². The van der Waals surface area contributed by atoms with E-state index in [-0.39, 0.29) is 5.60 Å². The minimum absolute atomic E-state index is 0.0438. The predicted molar refractivity (Wildman–Crippen MR) is 74.4 cm³/mol. The number of hydrogen-bond donors (Lipinski definition) is 0. The van der Waals surface area contributed by atoms with E-state index in [0.717, 1.165) is 39.1 Å². The first-order valence-electron chi connectivity index (χ1n) is 7.42. The molecule has 0 N–H and O–H groups in total. The predicted octanol–water partition coefficient (Wildman–Crippen LogP) is 4.42. The average molecular weight is 244 g/mol. The van der Waals surface area contributed by atoms with Crippen LogP contribution in [0.5, 0.6) is 0 Å². The summed E-state index contributed by atoms with van der Waals surface area (Å²) in [6, 6.07) is 0. The SMILES string of the molecule is CCCC(CCC)(OCC)C(CC)COCC. The molecule has 0 spiro atoms. The first-order valence-corrected chi connectivity index (χ1v) is 7.42. The van der Waals surface area contributed by atoms with Gasteiger partial charge in [-0.3, -0.25) is 0 Å². The molecule has 2 nitrogen and oxygen atoms in total. The minimum Gasteiger partial charge on any atom is -0.381 e. The maximum absolute atomic E-state index is 6.18. The molecule has 2 heteroatoms. The van der Waals surface area contributed by atoms with Gasteiger partial charge in [-0.05, 0) is 33.1 Å². The van der Waals surface area contributed by atoms with Gasteiger partial charge in [0.2, 0.25) is 0 Å². The molecule has 17 heavy (non-hydrogen) atoms. The van der Waals surface area contributed by atoms with Crippen LogP contribution in [0.15, 0.2) is 0 Å². The Kier molecular flexibility index (Phi) is 9.85. The van der Waals surface area contributed by atoms with Crippen LogP contribution in [0.2, 0.25) is 0 Å². The summed E-state index contributed by atoms with van der Waals surface area (Å²) in [4.78, 5) is 0. The van der Waals surface area contributed by atoms with Crippen molar-refractivity contribution in [3.63, 3.8) is 0 Å². The molecule has 0 saturated carbocycles. The fourth-order valence-electron chi connectivity index (χ4n) is 2.83. The van der Waals surface area contributed by atoms with Gasteiger partial charge in [0.1, 0.15) is 0 Å². The van der Waals surface area contributed by atoms with E-state index in [1.807, 2.05) is 0 Å². The molecule has 0 aromatic rings. The van der Waals surface area contributed by atoms with Crippen molar-refractivity contribution in [2.24, 2.45) is 5.92 Å². The lowest BCUT2D eigenvalue weighted by Gasteiger charge is -2.40. The van der Waals surface area contributed by atoms with Crippen LogP contribution >= 0.6 is 0 Å². The second kappa shape index (κ2) is 9.90. The van der Waals surface area contributed by atoms with Crippen LogP contribution in [0, 0.1) is 5.92 Å². The van der Waals surface area contributed by atoms with Crippen molar-refractivity contribution >= 4 is 0 Å². The summed E-state index contributed by atoms with van der Waals surface area (Å²) in [7, 11) is 0. The molecule has 0 heterocycles. The third-order valence-electron chi connectivity index (χ3n) is 3.54. The highest BCUT2D eigenvalue weighted by Gasteiger charge is 2.36. The molecule has 0 bridgehead atoms. The van der Waals surface area contributed by atoms with E-state index in [2.05, 4.69) is 34.6 Å². The van der Waals surface area contributed by atoms with Gasteiger partial charge >= 0.3 is 0 Å². The van der Waals surface area contributed by atoms with Gasteiger partial charge in [0, 0.05) is 19.1 Å². The zero-order valence-corrected chi connectivity index (χ0v) is 12.6. The minimum atomic E-state index is 0.0438. The van der Waals surface area contributed by atoms with E-state index in [9.17, 15) is 0 Å². The highest BCUT2D eigenvalue weighted by molar-refractivity contribution is 4.87. The molecule has 0 aliphatic heterocycles. The van der Waals surface area contributed by atoms with E-state index in [1.54, 1.807) is 0 Å². The van der Waals surface area contributed by atoms with Crippen molar-refractivity contribution in [1.82, 2.24) is 0 Å². The summed E-state index contributed by atoms with van der Waals surface area (Å²) in [5, 5.41) is 0. The Labute approximate surface area is 108 Å². The van der Waals surface area contributed by atoms with Crippen molar-refractivity contribution < 1.29 is 9.47 Å². The standard InChI is InChI=1S/C15H32O2/c1-6-11-15(12-7-2,17-10-5)14(8-3)13-16-9-4/h14H,6-13H2,1-5H3. The zero-order valence-electron chi connectivity index (χ0n) is 12.6. The van der Waals surface area contributed by atoms with Crippen LogP contribution < -0.4 is 0 Å². The van der Waals surface area contributed by atoms with E-state index in [0.29, 0.717) is 5.92 Å². The molecular weight excluding hydrogens is 212 g/mol. The van der Waals surface area contributed by atoms with Gasteiger partial charge in [-0.1, -0.05) is 33.6 Å². The van der Waals surface area contributed by atoms with Crippen LogP contribution in [-0.2, 0) is 9.47 Å². The normalized spacial score (nSPS) is 13.9. The summed E-state index contributed by atoms with van der Waals surface area (Å²) < 4.78 is 11.8. The highest BCUT2D eigenvalue weighted by atomic mass is 16.5. The molecular formula is C15H32O2. The maximum atomic E-state index is 6.18. The monoisotopic (exact) mass is 244 g/mol. The second-order valence-electron chi connectivity index (χ2n) is 4.76. The van der Waals surface area contributed by atoms with Gasteiger partial charge < -0.3 is 9.47 Å². The molecule has 0 aliphatic rings. The Hall–Kier alpha value is -0.0800. The topological polar surface area (TPSA) is 18.5 Å². The molecule has 0 rings (SSSR count). The molecule has 0 fully saturated rings. The van der Waals surface area contributed by atoms with E-state index >= 15 is 0 Å². The van der Waals surface area contributed by atoms with Crippen molar-refractivity contribution in [2.45, 2.75) is 72.3 Å². The van der Waals surface area contributed by atoms with Gasteiger partial charge in [-0.25, -0.2) is 0 Å². The summed E-state index contributed by atoms with van der Waals surface area (Å²) in [5.41, 5.74) is 0.0438. The number of ether oxygens (including phenoxy) is 2. The van der Waals surface area contributed by atoms with Gasteiger partial charge in [0.05, 0.1) is 12.2 Å². The highest BCUT2D eigenvalue weighted by Crippen LogP contribution is 2.35. The molecule has 0 aliphatic carbocycles. The largest absolute Gasteiger partial charge is 0.381 e. The molecule has 0 saturated heterocycles. The second-order valence-corrected chi connectivity index (χ2v) is 4.76. The fourth-order valence-corrected chi connectivity index (χ4v) is 2.83. The molecule has 0 aromatic heterocycles. The zero-order chi connectivity index (χ0) is 13.1. The summed E-state index contributed by atoms with van der Waals surface area (Å²) >= 11 is 0. The van der Waals surface area contributed by atoms with Crippen LogP contribution in [0.25, 0.3) is 0 Å². The van der Waals surface area contributed by atoms with E-state index in [4.69, 9.17) is 9.47 Å². The van der Waals surface area contributed by atoms with Gasteiger partial charge in [-0.2, -0.15) is 0 Å². The van der Waals surface area contributed by atoms with E-state index in [1.165, 1.54) is 12.8 Å². The van der Waals surface area contributed by atoms with Gasteiger partial charge in [0.25, 0.3) is 0 Å². The quantitative estimate of drug-likeness (QED) is 0.535. The Morgan fingerprint density at radius 2 is 1.47 bits per heavy atom. The first-order chi connectivity index (χ1) is 8.20. The Morgan fingerprint density at radius 3 is 1.82 bits per heavy atom. The third kappa shape index (κ3) is 5.39. The van der Waals surface area contributed by atoms with Crippen molar-refractivity contribution in [3.8, 4) is 0 Å². The van der Waals surface area contributed by atoms with Crippen LogP contribution in [0.1, 0.15) is 66.7 Å². The molecule has 1 atom stereocenters. The van der Waals surface area contributed by atoms with Crippen LogP contribution in [-0.4, -0.2) is 25.4 Å². The molecule has 0 amide bonds. The summed E-state index contributed by atoms with van der Waals surface area (Å²) in [6.45, 7) is 13.4. The smallest absolute Gasteiger partial charge is 0.0732 e. The fraction of sp³-hybridized carbons (Fsp3) is 1.00. The molecule has 0 radical (unpaired) electrons. The lowest BCUT2D eigenvalue weighted by atomic mass is 9.78. The van der Waals surface area contributed by atoms with Gasteiger partial charge in [-0.15, -0.1) is 0 Å². The number of rotatable bonds is 11. The van der Waals surface area contributed by atoms with Crippen molar-refractivity contribution in [1.29, 1.82) is 0 Å². The lowest BCUT2D eigenvalue weighted by Crippen LogP contribution is -2.43. The van der Waals surface area contributed by atoms with E-state index < -0.39 is 0 Å². The Balaban J connectivity index is 4.76.